The van der Waals surface area contributed by atoms with Gasteiger partial charge >= 0.3 is 0 Å². The molecule has 1 saturated heterocycles. The molecule has 0 aromatic heterocycles. The summed E-state index contributed by atoms with van der Waals surface area (Å²) in [4.78, 5) is 11.7. The molecule has 1 aliphatic rings. The third-order valence-electron chi connectivity index (χ3n) is 3.95. The summed E-state index contributed by atoms with van der Waals surface area (Å²) in [5, 5.41) is 8.74. The molecule has 1 heterocycles. The minimum atomic E-state index is -3.76. The topological polar surface area (TPSA) is 102 Å². The molecule has 2 N–H and O–H groups in total. The molecule has 2 rings (SSSR count). The molecule has 0 bridgehead atoms. The highest BCUT2D eigenvalue weighted by molar-refractivity contribution is 7.92. The van der Waals surface area contributed by atoms with Crippen molar-refractivity contribution < 1.29 is 27.9 Å². The van der Waals surface area contributed by atoms with Crippen LogP contribution < -0.4 is 10.2 Å². The van der Waals surface area contributed by atoms with Crippen LogP contribution in [0.2, 0.25) is 0 Å². The summed E-state index contributed by atoms with van der Waals surface area (Å²) < 4.78 is 35.0. The van der Waals surface area contributed by atoms with Gasteiger partial charge in [0.15, 0.2) is 9.84 Å². The van der Waals surface area contributed by atoms with Crippen molar-refractivity contribution in [3.8, 4) is 5.75 Å². The van der Waals surface area contributed by atoms with Gasteiger partial charge in [0.1, 0.15) is 5.75 Å². The van der Waals surface area contributed by atoms with Gasteiger partial charge in [0.05, 0.1) is 16.8 Å². The van der Waals surface area contributed by atoms with Gasteiger partial charge in [0.2, 0.25) is 5.91 Å². The highest BCUT2D eigenvalue weighted by Crippen LogP contribution is 2.38. The molecule has 1 aromatic rings. The summed E-state index contributed by atoms with van der Waals surface area (Å²) in [6.45, 7) is 0.516. The van der Waals surface area contributed by atoms with E-state index in [0.29, 0.717) is 5.75 Å². The van der Waals surface area contributed by atoms with Gasteiger partial charge in [-0.1, -0.05) is 0 Å². The summed E-state index contributed by atoms with van der Waals surface area (Å²) in [5.74, 6) is -0.174. The zero-order valence-corrected chi connectivity index (χ0v) is 13.1. The Morgan fingerprint density at radius 2 is 1.91 bits per heavy atom. The van der Waals surface area contributed by atoms with E-state index >= 15 is 0 Å². The molecular formula is C14H19NO6S. The van der Waals surface area contributed by atoms with Crippen molar-refractivity contribution in [2.45, 2.75) is 28.9 Å². The van der Waals surface area contributed by atoms with Crippen molar-refractivity contribution in [1.82, 2.24) is 5.48 Å². The molecule has 0 unspecified atom stereocenters. The average Bonchev–Trinajstić information content (AvgIpc) is 2.55. The van der Waals surface area contributed by atoms with Gasteiger partial charge in [-0.05, 0) is 37.1 Å². The van der Waals surface area contributed by atoms with E-state index in [9.17, 15) is 13.2 Å². The molecule has 122 valence electrons. The number of sulfone groups is 1. The Labute approximate surface area is 129 Å². The first-order valence-electron chi connectivity index (χ1n) is 6.84. The SMILES string of the molecule is COc1ccc(S(=O)(=O)C2(CC(=O)NO)CCOCC2)cc1. The fraction of sp³-hybridized carbons (Fsp3) is 0.500. The zero-order chi connectivity index (χ0) is 16.2. The van der Waals surface area contributed by atoms with Crippen molar-refractivity contribution >= 4 is 15.7 Å². The second-order valence-corrected chi connectivity index (χ2v) is 7.53. The highest BCUT2D eigenvalue weighted by atomic mass is 32.2. The van der Waals surface area contributed by atoms with E-state index in [1.807, 2.05) is 0 Å². The van der Waals surface area contributed by atoms with Gasteiger partial charge in [0, 0.05) is 19.6 Å². The van der Waals surface area contributed by atoms with E-state index in [1.54, 1.807) is 12.1 Å². The Hall–Kier alpha value is -1.64. The lowest BCUT2D eigenvalue weighted by Crippen LogP contribution is -2.47. The van der Waals surface area contributed by atoms with E-state index in [4.69, 9.17) is 14.7 Å². The largest absolute Gasteiger partial charge is 0.497 e. The Kier molecular flexibility index (Phi) is 5.05. The molecule has 0 saturated carbocycles. The van der Waals surface area contributed by atoms with Crippen LogP contribution in [0.3, 0.4) is 0 Å². The van der Waals surface area contributed by atoms with Crippen LogP contribution in [0.5, 0.6) is 5.75 Å². The Morgan fingerprint density at radius 3 is 2.41 bits per heavy atom. The lowest BCUT2D eigenvalue weighted by atomic mass is 9.95. The Morgan fingerprint density at radius 1 is 1.32 bits per heavy atom. The van der Waals surface area contributed by atoms with Gasteiger partial charge in [-0.25, -0.2) is 13.9 Å². The number of carbonyl (C=O) groups excluding carboxylic acids is 1. The first-order valence-corrected chi connectivity index (χ1v) is 8.33. The molecular weight excluding hydrogens is 310 g/mol. The molecule has 0 atom stereocenters. The quantitative estimate of drug-likeness (QED) is 0.615. The number of carbonyl (C=O) groups is 1. The Balaban J connectivity index is 2.41. The summed E-state index contributed by atoms with van der Waals surface area (Å²) in [5.41, 5.74) is 1.51. The van der Waals surface area contributed by atoms with Crippen molar-refractivity contribution in [2.75, 3.05) is 20.3 Å². The maximum Gasteiger partial charge on any atom is 0.244 e. The van der Waals surface area contributed by atoms with Gasteiger partial charge in [0.25, 0.3) is 0 Å². The predicted octanol–water partition coefficient (Wildman–Crippen LogP) is 0.914. The number of hydrogen-bond acceptors (Lipinski definition) is 6. The lowest BCUT2D eigenvalue weighted by molar-refractivity contribution is -0.130. The standard InChI is InChI=1S/C14H19NO6S/c1-20-11-2-4-12(5-3-11)22(18,19)14(10-13(16)15-17)6-8-21-9-7-14/h2-5,17H,6-10H2,1H3,(H,15,16). The van der Waals surface area contributed by atoms with Crippen LogP contribution in [0.15, 0.2) is 29.2 Å². The first kappa shape index (κ1) is 16.7. The van der Waals surface area contributed by atoms with Crippen LogP contribution in [0.4, 0.5) is 0 Å². The second kappa shape index (κ2) is 6.64. The molecule has 0 radical (unpaired) electrons. The number of rotatable bonds is 5. The number of amides is 1. The van der Waals surface area contributed by atoms with Crippen LogP contribution in [0.1, 0.15) is 19.3 Å². The first-order chi connectivity index (χ1) is 10.4. The normalized spacial score (nSPS) is 17.7. The van der Waals surface area contributed by atoms with Crippen LogP contribution in [-0.4, -0.2) is 44.6 Å². The third kappa shape index (κ3) is 3.08. The number of ether oxygens (including phenoxy) is 2. The second-order valence-electron chi connectivity index (χ2n) is 5.19. The number of methoxy groups -OCH3 is 1. The van der Waals surface area contributed by atoms with Crippen LogP contribution in [-0.2, 0) is 19.4 Å². The number of hydrogen-bond donors (Lipinski definition) is 2. The predicted molar refractivity (Wildman–Crippen MR) is 77.5 cm³/mol. The fourth-order valence-electron chi connectivity index (χ4n) is 2.62. The molecule has 8 heteroatoms. The van der Waals surface area contributed by atoms with E-state index < -0.39 is 20.5 Å². The van der Waals surface area contributed by atoms with E-state index in [2.05, 4.69) is 0 Å². The third-order valence-corrected chi connectivity index (χ3v) is 6.54. The maximum absolute atomic E-state index is 13.0. The summed E-state index contributed by atoms with van der Waals surface area (Å²) in [6.07, 6.45) is 0.102. The monoisotopic (exact) mass is 329 g/mol. The van der Waals surface area contributed by atoms with E-state index in [1.165, 1.54) is 24.7 Å². The molecule has 0 spiro atoms. The minimum Gasteiger partial charge on any atom is -0.497 e. The summed E-state index contributed by atoms with van der Waals surface area (Å²) in [6, 6.07) is 6.04. The molecule has 1 aliphatic heterocycles. The summed E-state index contributed by atoms with van der Waals surface area (Å²) >= 11 is 0. The minimum absolute atomic E-state index is 0.126. The van der Waals surface area contributed by atoms with Crippen LogP contribution in [0, 0.1) is 0 Å². The van der Waals surface area contributed by atoms with Crippen molar-refractivity contribution in [1.29, 1.82) is 0 Å². The molecule has 22 heavy (non-hydrogen) atoms. The van der Waals surface area contributed by atoms with Gasteiger partial charge < -0.3 is 9.47 Å². The smallest absolute Gasteiger partial charge is 0.244 e. The van der Waals surface area contributed by atoms with Crippen molar-refractivity contribution in [2.24, 2.45) is 0 Å². The van der Waals surface area contributed by atoms with Crippen LogP contribution >= 0.6 is 0 Å². The summed E-state index contributed by atoms with van der Waals surface area (Å²) in [7, 11) is -2.27. The van der Waals surface area contributed by atoms with Gasteiger partial charge in [-0.2, -0.15) is 0 Å². The maximum atomic E-state index is 13.0. The molecule has 0 aliphatic carbocycles. The molecule has 1 fully saturated rings. The molecule has 1 amide bonds. The zero-order valence-electron chi connectivity index (χ0n) is 12.2. The highest BCUT2D eigenvalue weighted by Gasteiger charge is 2.47. The van der Waals surface area contributed by atoms with Gasteiger partial charge in [-0.3, -0.25) is 10.0 Å². The number of nitrogens with one attached hydrogen (secondary N) is 1. The van der Waals surface area contributed by atoms with Crippen molar-refractivity contribution in [3.05, 3.63) is 24.3 Å². The number of benzene rings is 1. The van der Waals surface area contributed by atoms with Crippen LogP contribution in [0.25, 0.3) is 0 Å². The fourth-order valence-corrected chi connectivity index (χ4v) is 4.64. The number of hydroxylamine groups is 1. The van der Waals surface area contributed by atoms with E-state index in [0.717, 1.165) is 0 Å². The molecule has 1 aromatic carbocycles. The average molecular weight is 329 g/mol. The van der Waals surface area contributed by atoms with Gasteiger partial charge in [-0.15, -0.1) is 0 Å². The van der Waals surface area contributed by atoms with E-state index in [-0.39, 0.29) is 37.4 Å². The lowest BCUT2D eigenvalue weighted by Gasteiger charge is -2.35. The Bertz CT molecular complexity index is 619. The molecule has 7 nitrogen and oxygen atoms in total. The van der Waals surface area contributed by atoms with Crippen molar-refractivity contribution in [3.63, 3.8) is 0 Å².